The molecule has 54 valence electrons. The van der Waals surface area contributed by atoms with E-state index >= 15 is 0 Å². The fourth-order valence-electron chi connectivity index (χ4n) is 0.650. The Bertz CT molecular complexity index is 225. The zero-order chi connectivity index (χ0) is 7.56. The summed E-state index contributed by atoms with van der Waals surface area (Å²) in [4.78, 5) is 3.75. The number of pyridine rings is 1. The lowest BCUT2D eigenvalue weighted by Gasteiger charge is -2.00. The average molecular weight is 141 g/mol. The van der Waals surface area contributed by atoms with Crippen molar-refractivity contribution in [1.82, 2.24) is 4.98 Å². The maximum absolute atomic E-state index is 12.4. The summed E-state index contributed by atoms with van der Waals surface area (Å²) in [5, 5.41) is 8.92. The van der Waals surface area contributed by atoms with Crippen LogP contribution in [0.1, 0.15) is 18.7 Å². The van der Waals surface area contributed by atoms with E-state index in [4.69, 9.17) is 5.11 Å². The standard InChI is InChI=1S/C7H8FNO/c1-5(10)7-4-6(8)2-3-9-7/h2-5,10H,1H3/t5-/m1/s1. The molecule has 0 fully saturated rings. The zero-order valence-corrected chi connectivity index (χ0v) is 5.58. The van der Waals surface area contributed by atoms with Crippen LogP contribution in [0.2, 0.25) is 0 Å². The molecular formula is C7H8FNO. The Hall–Kier alpha value is -0.960. The maximum atomic E-state index is 12.4. The number of hydrogen-bond donors (Lipinski definition) is 1. The van der Waals surface area contributed by atoms with Crippen molar-refractivity contribution in [2.45, 2.75) is 13.0 Å². The highest BCUT2D eigenvalue weighted by atomic mass is 19.1. The van der Waals surface area contributed by atoms with E-state index in [0.717, 1.165) is 0 Å². The van der Waals surface area contributed by atoms with Crippen molar-refractivity contribution in [1.29, 1.82) is 0 Å². The Morgan fingerprint density at radius 3 is 2.80 bits per heavy atom. The molecule has 0 bridgehead atoms. The topological polar surface area (TPSA) is 33.1 Å². The highest BCUT2D eigenvalue weighted by Crippen LogP contribution is 2.08. The second-order valence-electron chi connectivity index (χ2n) is 2.07. The zero-order valence-electron chi connectivity index (χ0n) is 5.58. The van der Waals surface area contributed by atoms with Gasteiger partial charge in [0.15, 0.2) is 0 Å². The lowest BCUT2D eigenvalue weighted by atomic mass is 10.2. The van der Waals surface area contributed by atoms with Gasteiger partial charge >= 0.3 is 0 Å². The minimum atomic E-state index is -0.698. The molecule has 1 atom stereocenters. The van der Waals surface area contributed by atoms with E-state index in [-0.39, 0.29) is 5.82 Å². The van der Waals surface area contributed by atoms with Gasteiger partial charge in [0.1, 0.15) is 5.82 Å². The molecule has 2 nitrogen and oxygen atoms in total. The van der Waals surface area contributed by atoms with E-state index in [1.54, 1.807) is 6.92 Å². The molecule has 0 spiro atoms. The highest BCUT2D eigenvalue weighted by molar-refractivity contribution is 5.07. The number of aliphatic hydroxyl groups excluding tert-OH is 1. The molecule has 0 amide bonds. The monoisotopic (exact) mass is 141 g/mol. The normalized spacial score (nSPS) is 13.1. The molecule has 1 N–H and O–H groups in total. The van der Waals surface area contributed by atoms with Gasteiger partial charge in [-0.2, -0.15) is 0 Å². The largest absolute Gasteiger partial charge is 0.387 e. The number of halogens is 1. The van der Waals surface area contributed by atoms with Crippen LogP contribution in [0.15, 0.2) is 18.3 Å². The molecule has 10 heavy (non-hydrogen) atoms. The van der Waals surface area contributed by atoms with Crippen LogP contribution in [0.5, 0.6) is 0 Å². The van der Waals surface area contributed by atoms with Gasteiger partial charge in [0.2, 0.25) is 0 Å². The third-order valence-corrected chi connectivity index (χ3v) is 1.17. The summed E-state index contributed by atoms with van der Waals surface area (Å²) in [5.74, 6) is -0.370. The van der Waals surface area contributed by atoms with Gasteiger partial charge in [0.05, 0.1) is 11.8 Å². The second kappa shape index (κ2) is 2.75. The Kier molecular flexibility index (Phi) is 1.97. The summed E-state index contributed by atoms with van der Waals surface area (Å²) in [6.07, 6.45) is 0.632. The van der Waals surface area contributed by atoms with Gasteiger partial charge < -0.3 is 5.11 Å². The smallest absolute Gasteiger partial charge is 0.126 e. The number of rotatable bonds is 1. The molecule has 0 saturated carbocycles. The van der Waals surface area contributed by atoms with E-state index < -0.39 is 6.10 Å². The maximum Gasteiger partial charge on any atom is 0.126 e. The Labute approximate surface area is 58.3 Å². The first-order valence-corrected chi connectivity index (χ1v) is 2.99. The molecule has 0 aliphatic carbocycles. The molecule has 3 heteroatoms. The number of aromatic nitrogens is 1. The predicted octanol–water partition coefficient (Wildman–Crippen LogP) is 1.27. The van der Waals surface area contributed by atoms with Crippen LogP contribution in [0.25, 0.3) is 0 Å². The molecule has 0 saturated heterocycles. The first-order valence-electron chi connectivity index (χ1n) is 2.99. The predicted molar refractivity (Wildman–Crippen MR) is 34.8 cm³/mol. The minimum absolute atomic E-state index is 0.361. The third-order valence-electron chi connectivity index (χ3n) is 1.17. The fraction of sp³-hybridized carbons (Fsp3) is 0.286. The average Bonchev–Trinajstić information content (AvgIpc) is 1.88. The molecule has 0 aliphatic heterocycles. The van der Waals surface area contributed by atoms with Crippen LogP contribution in [0.4, 0.5) is 4.39 Å². The van der Waals surface area contributed by atoms with Gasteiger partial charge in [-0.15, -0.1) is 0 Å². The van der Waals surface area contributed by atoms with Gasteiger partial charge in [-0.05, 0) is 19.1 Å². The Morgan fingerprint density at radius 1 is 1.70 bits per heavy atom. The van der Waals surface area contributed by atoms with Crippen molar-refractivity contribution in [3.05, 3.63) is 29.8 Å². The van der Waals surface area contributed by atoms with Crippen molar-refractivity contribution in [2.75, 3.05) is 0 Å². The summed E-state index contributed by atoms with van der Waals surface area (Å²) < 4.78 is 12.4. The molecule has 0 unspecified atom stereocenters. The van der Waals surface area contributed by atoms with Crippen LogP contribution in [-0.2, 0) is 0 Å². The van der Waals surface area contributed by atoms with Crippen LogP contribution >= 0.6 is 0 Å². The lowest BCUT2D eigenvalue weighted by molar-refractivity contribution is 0.194. The molecule has 1 aromatic heterocycles. The summed E-state index contributed by atoms with van der Waals surface area (Å²) >= 11 is 0. The SMILES string of the molecule is C[C@@H](O)c1cc(F)ccn1. The van der Waals surface area contributed by atoms with Crippen molar-refractivity contribution in [2.24, 2.45) is 0 Å². The Balaban J connectivity index is 2.96. The van der Waals surface area contributed by atoms with Gasteiger partial charge in [0.25, 0.3) is 0 Å². The van der Waals surface area contributed by atoms with Crippen LogP contribution in [-0.4, -0.2) is 10.1 Å². The molecular weight excluding hydrogens is 133 g/mol. The van der Waals surface area contributed by atoms with E-state index in [0.29, 0.717) is 5.69 Å². The molecule has 0 radical (unpaired) electrons. The van der Waals surface area contributed by atoms with Crippen molar-refractivity contribution in [3.63, 3.8) is 0 Å². The van der Waals surface area contributed by atoms with Crippen molar-refractivity contribution >= 4 is 0 Å². The summed E-state index contributed by atoms with van der Waals surface area (Å²) in [7, 11) is 0. The fourth-order valence-corrected chi connectivity index (χ4v) is 0.650. The lowest BCUT2D eigenvalue weighted by Crippen LogP contribution is -1.94. The third kappa shape index (κ3) is 1.51. The van der Waals surface area contributed by atoms with Crippen molar-refractivity contribution in [3.8, 4) is 0 Å². The Morgan fingerprint density at radius 2 is 2.40 bits per heavy atom. The minimum Gasteiger partial charge on any atom is -0.387 e. The number of hydrogen-bond acceptors (Lipinski definition) is 2. The molecule has 1 aromatic rings. The van der Waals surface area contributed by atoms with Crippen molar-refractivity contribution < 1.29 is 9.50 Å². The molecule has 1 heterocycles. The van der Waals surface area contributed by atoms with Gasteiger partial charge in [0, 0.05) is 6.20 Å². The second-order valence-corrected chi connectivity index (χ2v) is 2.07. The molecule has 1 rings (SSSR count). The van der Waals surface area contributed by atoms with E-state index in [1.165, 1.54) is 18.3 Å². The summed E-state index contributed by atoms with van der Waals surface area (Å²) in [6, 6.07) is 2.45. The highest BCUT2D eigenvalue weighted by Gasteiger charge is 2.01. The molecule has 0 aromatic carbocycles. The van der Waals surface area contributed by atoms with Crippen LogP contribution in [0.3, 0.4) is 0 Å². The van der Waals surface area contributed by atoms with Crippen LogP contribution < -0.4 is 0 Å². The van der Waals surface area contributed by atoms with E-state index in [1.807, 2.05) is 0 Å². The van der Waals surface area contributed by atoms with Gasteiger partial charge in [-0.1, -0.05) is 0 Å². The first-order chi connectivity index (χ1) is 4.70. The number of nitrogens with zero attached hydrogens (tertiary/aromatic N) is 1. The van der Waals surface area contributed by atoms with E-state index in [9.17, 15) is 4.39 Å². The quantitative estimate of drug-likeness (QED) is 0.639. The van der Waals surface area contributed by atoms with Gasteiger partial charge in [-0.25, -0.2) is 4.39 Å². The number of aliphatic hydroxyl groups is 1. The van der Waals surface area contributed by atoms with E-state index in [2.05, 4.69) is 4.98 Å². The molecule has 0 aliphatic rings. The first kappa shape index (κ1) is 7.15. The summed E-state index contributed by atoms with van der Waals surface area (Å²) in [5.41, 5.74) is 0.361. The van der Waals surface area contributed by atoms with Crippen LogP contribution in [0, 0.1) is 5.82 Å². The van der Waals surface area contributed by atoms with Gasteiger partial charge in [-0.3, -0.25) is 4.98 Å². The summed E-state index contributed by atoms with van der Waals surface area (Å²) in [6.45, 7) is 1.54.